The van der Waals surface area contributed by atoms with Crippen LogP contribution in [0, 0.1) is 0 Å². The number of hydrogen-bond donors (Lipinski definition) is 1. The number of carbonyl (C=O) groups is 1. The number of carbonyl (C=O) groups excluding carboxylic acids is 1. The summed E-state index contributed by atoms with van der Waals surface area (Å²) in [6.07, 6.45) is 1.23. The van der Waals surface area contributed by atoms with E-state index in [1.807, 2.05) is 24.3 Å². The molecule has 0 aliphatic heterocycles. The van der Waals surface area contributed by atoms with Crippen LogP contribution in [0.3, 0.4) is 0 Å². The number of H-pyrrole nitrogens is 1. The average molecular weight is 218 g/mol. The molecular weight excluding hydrogens is 204 g/mol. The Morgan fingerprint density at radius 1 is 1.38 bits per heavy atom. The second-order valence-electron chi connectivity index (χ2n) is 3.90. The molecule has 0 saturated heterocycles. The van der Waals surface area contributed by atoms with Crippen LogP contribution in [-0.2, 0) is 11.3 Å². The van der Waals surface area contributed by atoms with Crippen molar-refractivity contribution in [3.05, 3.63) is 34.7 Å². The van der Waals surface area contributed by atoms with Gasteiger partial charge in [-0.05, 0) is 25.5 Å². The third-order valence-corrected chi connectivity index (χ3v) is 2.59. The number of imidazole rings is 1. The number of benzene rings is 1. The van der Waals surface area contributed by atoms with E-state index < -0.39 is 0 Å². The third-order valence-electron chi connectivity index (χ3n) is 2.59. The van der Waals surface area contributed by atoms with Crippen molar-refractivity contribution in [2.24, 2.45) is 0 Å². The predicted molar refractivity (Wildman–Crippen MR) is 62.5 cm³/mol. The molecule has 0 fully saturated rings. The van der Waals surface area contributed by atoms with Crippen LogP contribution in [0.5, 0.6) is 0 Å². The fraction of sp³-hybridized carbons (Fsp3) is 0.333. The second-order valence-corrected chi connectivity index (χ2v) is 3.90. The standard InChI is InChI=1S/C12H14N2O2/c1-9(15)5-4-8-14-11-7-3-2-6-10(11)13-12(14)16/h2-3,6-7H,4-5,8H2,1H3,(H,13,16). The van der Waals surface area contributed by atoms with Crippen LogP contribution < -0.4 is 5.69 Å². The molecule has 2 rings (SSSR count). The summed E-state index contributed by atoms with van der Waals surface area (Å²) in [7, 11) is 0. The van der Waals surface area contributed by atoms with Crippen LogP contribution in [0.1, 0.15) is 19.8 Å². The second kappa shape index (κ2) is 4.35. The molecule has 0 radical (unpaired) electrons. The van der Waals surface area contributed by atoms with E-state index in [-0.39, 0.29) is 11.5 Å². The van der Waals surface area contributed by atoms with Gasteiger partial charge >= 0.3 is 5.69 Å². The summed E-state index contributed by atoms with van der Waals surface area (Å²) in [4.78, 5) is 25.3. The molecule has 0 atom stereocenters. The van der Waals surface area contributed by atoms with Crippen LogP contribution >= 0.6 is 0 Å². The van der Waals surface area contributed by atoms with E-state index in [2.05, 4.69) is 4.98 Å². The molecule has 0 spiro atoms. The van der Waals surface area contributed by atoms with Gasteiger partial charge in [0.15, 0.2) is 0 Å². The van der Waals surface area contributed by atoms with Gasteiger partial charge in [-0.3, -0.25) is 4.57 Å². The summed E-state index contributed by atoms with van der Waals surface area (Å²) in [6.45, 7) is 2.15. The van der Waals surface area contributed by atoms with E-state index in [0.717, 1.165) is 11.0 Å². The minimum Gasteiger partial charge on any atom is -0.306 e. The van der Waals surface area contributed by atoms with E-state index in [9.17, 15) is 9.59 Å². The minimum atomic E-state index is -0.107. The monoisotopic (exact) mass is 218 g/mol. The zero-order valence-electron chi connectivity index (χ0n) is 9.19. The number of Topliss-reactive ketones (excluding diaryl/α,β-unsaturated/α-hetero) is 1. The fourth-order valence-corrected chi connectivity index (χ4v) is 1.81. The summed E-state index contributed by atoms with van der Waals surface area (Å²) < 4.78 is 1.68. The predicted octanol–water partition coefficient (Wildman–Crippen LogP) is 1.70. The molecule has 4 nitrogen and oxygen atoms in total. The lowest BCUT2D eigenvalue weighted by atomic mass is 10.2. The number of ketones is 1. The number of aromatic amines is 1. The summed E-state index contributed by atoms with van der Waals surface area (Å²) in [6, 6.07) is 7.56. The normalized spacial score (nSPS) is 10.8. The minimum absolute atomic E-state index is 0.107. The number of nitrogens with zero attached hydrogens (tertiary/aromatic N) is 1. The molecule has 0 saturated carbocycles. The van der Waals surface area contributed by atoms with Crippen LogP contribution in [0.15, 0.2) is 29.1 Å². The maximum absolute atomic E-state index is 11.6. The van der Waals surface area contributed by atoms with Gasteiger partial charge in [0.05, 0.1) is 11.0 Å². The fourth-order valence-electron chi connectivity index (χ4n) is 1.81. The largest absolute Gasteiger partial charge is 0.326 e. The van der Waals surface area contributed by atoms with Gasteiger partial charge in [-0.25, -0.2) is 4.79 Å². The summed E-state index contributed by atoms with van der Waals surface area (Å²) in [5.41, 5.74) is 1.64. The SMILES string of the molecule is CC(=O)CCCn1c(=O)[nH]c2ccccc21. The molecular formula is C12H14N2O2. The molecule has 0 bridgehead atoms. The number of nitrogens with one attached hydrogen (secondary N) is 1. The number of para-hydroxylation sites is 2. The first-order valence-corrected chi connectivity index (χ1v) is 5.35. The zero-order valence-corrected chi connectivity index (χ0v) is 9.19. The maximum Gasteiger partial charge on any atom is 0.326 e. The van der Waals surface area contributed by atoms with Crippen molar-refractivity contribution in [3.8, 4) is 0 Å². The Balaban J connectivity index is 2.26. The number of hydrogen-bond acceptors (Lipinski definition) is 2. The van der Waals surface area contributed by atoms with Gasteiger partial charge in [-0.2, -0.15) is 0 Å². The van der Waals surface area contributed by atoms with Crippen LogP contribution in [0.4, 0.5) is 0 Å². The molecule has 0 aliphatic rings. The number of aromatic nitrogens is 2. The van der Waals surface area contributed by atoms with Crippen molar-refractivity contribution in [2.75, 3.05) is 0 Å². The number of fused-ring (bicyclic) bond motifs is 1. The highest BCUT2D eigenvalue weighted by Gasteiger charge is 2.05. The highest BCUT2D eigenvalue weighted by molar-refractivity contribution is 5.76. The van der Waals surface area contributed by atoms with Crippen molar-refractivity contribution in [2.45, 2.75) is 26.3 Å². The highest BCUT2D eigenvalue weighted by atomic mass is 16.1. The molecule has 0 unspecified atom stereocenters. The van der Waals surface area contributed by atoms with E-state index >= 15 is 0 Å². The smallest absolute Gasteiger partial charge is 0.306 e. The Bertz CT molecular complexity index is 566. The first-order chi connectivity index (χ1) is 7.68. The van der Waals surface area contributed by atoms with Crippen molar-refractivity contribution < 1.29 is 4.79 Å². The Morgan fingerprint density at radius 3 is 2.88 bits per heavy atom. The first kappa shape index (κ1) is 10.7. The summed E-state index contributed by atoms with van der Waals surface area (Å²) >= 11 is 0. The summed E-state index contributed by atoms with van der Waals surface area (Å²) in [5.74, 6) is 0.160. The van der Waals surface area contributed by atoms with Gasteiger partial charge in [-0.1, -0.05) is 12.1 Å². The molecule has 84 valence electrons. The van der Waals surface area contributed by atoms with Crippen molar-refractivity contribution in [1.82, 2.24) is 9.55 Å². The average Bonchev–Trinajstić information content (AvgIpc) is 2.55. The molecule has 0 aliphatic carbocycles. The van der Waals surface area contributed by atoms with Gasteiger partial charge in [0.1, 0.15) is 5.78 Å². The van der Waals surface area contributed by atoms with E-state index in [1.165, 1.54) is 0 Å². The van der Waals surface area contributed by atoms with Crippen molar-refractivity contribution >= 4 is 16.8 Å². The Kier molecular flexibility index (Phi) is 2.90. The quantitative estimate of drug-likeness (QED) is 0.849. The molecule has 0 amide bonds. The molecule has 1 heterocycles. The zero-order chi connectivity index (χ0) is 11.5. The van der Waals surface area contributed by atoms with Crippen LogP contribution in [-0.4, -0.2) is 15.3 Å². The highest BCUT2D eigenvalue weighted by Crippen LogP contribution is 2.09. The van der Waals surface area contributed by atoms with Crippen molar-refractivity contribution in [1.29, 1.82) is 0 Å². The van der Waals surface area contributed by atoms with Gasteiger partial charge in [0, 0.05) is 13.0 Å². The third kappa shape index (κ3) is 2.05. The van der Waals surface area contributed by atoms with Crippen molar-refractivity contribution in [3.63, 3.8) is 0 Å². The summed E-state index contributed by atoms with van der Waals surface area (Å²) in [5, 5.41) is 0. The Labute approximate surface area is 92.9 Å². The molecule has 1 aromatic heterocycles. The van der Waals surface area contributed by atoms with Crippen LogP contribution in [0.25, 0.3) is 11.0 Å². The Morgan fingerprint density at radius 2 is 2.12 bits per heavy atom. The maximum atomic E-state index is 11.6. The lowest BCUT2D eigenvalue weighted by Crippen LogP contribution is -2.17. The first-order valence-electron chi connectivity index (χ1n) is 5.35. The number of rotatable bonds is 4. The van der Waals surface area contributed by atoms with Gasteiger partial charge < -0.3 is 9.78 Å². The van der Waals surface area contributed by atoms with Gasteiger partial charge in [0.2, 0.25) is 0 Å². The molecule has 1 N–H and O–H groups in total. The molecule has 1 aromatic carbocycles. The molecule has 2 aromatic rings. The lowest BCUT2D eigenvalue weighted by Gasteiger charge is -2.01. The number of aryl methyl sites for hydroxylation is 1. The van der Waals surface area contributed by atoms with E-state index in [1.54, 1.807) is 11.5 Å². The molecule has 4 heteroatoms. The van der Waals surface area contributed by atoms with E-state index in [0.29, 0.717) is 19.4 Å². The molecule has 16 heavy (non-hydrogen) atoms. The topological polar surface area (TPSA) is 54.9 Å². The van der Waals surface area contributed by atoms with Crippen LogP contribution in [0.2, 0.25) is 0 Å². The lowest BCUT2D eigenvalue weighted by molar-refractivity contribution is -0.117. The van der Waals surface area contributed by atoms with E-state index in [4.69, 9.17) is 0 Å². The van der Waals surface area contributed by atoms with Gasteiger partial charge in [-0.15, -0.1) is 0 Å². The van der Waals surface area contributed by atoms with Gasteiger partial charge in [0.25, 0.3) is 0 Å². The Hall–Kier alpha value is -1.84.